The fraction of sp³-hybridized carbons (Fsp3) is 0.167. The average molecular weight is 422 g/mol. The van der Waals surface area contributed by atoms with Crippen LogP contribution in [-0.2, 0) is 22.9 Å². The first kappa shape index (κ1) is 18.5. The molecule has 0 radical (unpaired) electrons. The van der Waals surface area contributed by atoms with Crippen molar-refractivity contribution in [2.45, 2.75) is 30.6 Å². The van der Waals surface area contributed by atoms with Crippen molar-refractivity contribution in [1.29, 1.82) is 0 Å². The highest BCUT2D eigenvalue weighted by Crippen LogP contribution is 2.41. The van der Waals surface area contributed by atoms with Gasteiger partial charge in [0.05, 0.1) is 10.4 Å². The van der Waals surface area contributed by atoms with Crippen LogP contribution in [0.25, 0.3) is 10.9 Å². The molecule has 3 aromatic carbocycles. The van der Waals surface area contributed by atoms with E-state index >= 15 is 0 Å². The molecule has 0 saturated carbocycles. The summed E-state index contributed by atoms with van der Waals surface area (Å²) in [5.41, 5.74) is 5.01. The molecule has 1 aromatic heterocycles. The molecule has 1 atom stereocenters. The molecule has 1 aliphatic rings. The number of para-hydroxylation sites is 1. The van der Waals surface area contributed by atoms with Crippen LogP contribution in [0.4, 0.5) is 0 Å². The maximum Gasteiger partial charge on any atom is 0.268 e. The van der Waals surface area contributed by atoms with E-state index in [2.05, 4.69) is 0 Å². The van der Waals surface area contributed by atoms with Gasteiger partial charge in [0, 0.05) is 16.1 Å². The second-order valence-corrected chi connectivity index (χ2v) is 9.90. The number of fused-ring (bicyclic) bond motifs is 3. The van der Waals surface area contributed by atoms with E-state index in [-0.39, 0.29) is 5.92 Å². The van der Waals surface area contributed by atoms with Gasteiger partial charge in [0.1, 0.15) is 0 Å². The number of nitrogens with zero attached hydrogens (tertiary/aromatic N) is 1. The van der Waals surface area contributed by atoms with E-state index in [0.29, 0.717) is 16.3 Å². The molecule has 4 aromatic rings. The van der Waals surface area contributed by atoms with E-state index < -0.39 is 10.0 Å². The standard InChI is InChI=1S/C24H20ClNO2S/c1-16-6-12-20(13-7-16)29(27,28)26-23-5-3-2-4-21(23)22-14-18(15-24(22)26)17-8-10-19(25)11-9-17/h2-13,18H,14-15H2,1H3. The smallest absolute Gasteiger partial charge is 0.238 e. The molecule has 146 valence electrons. The van der Waals surface area contributed by atoms with E-state index in [1.807, 2.05) is 67.6 Å². The minimum atomic E-state index is -3.68. The lowest BCUT2D eigenvalue weighted by molar-refractivity contribution is 0.586. The Morgan fingerprint density at radius 3 is 2.31 bits per heavy atom. The van der Waals surface area contributed by atoms with E-state index in [9.17, 15) is 8.42 Å². The summed E-state index contributed by atoms with van der Waals surface area (Å²) in [5.74, 6) is 0.251. The van der Waals surface area contributed by atoms with Crippen molar-refractivity contribution in [3.8, 4) is 0 Å². The van der Waals surface area contributed by atoms with E-state index in [4.69, 9.17) is 11.6 Å². The molecule has 1 heterocycles. The molecule has 0 fully saturated rings. The van der Waals surface area contributed by atoms with Crippen molar-refractivity contribution >= 4 is 32.5 Å². The van der Waals surface area contributed by atoms with Gasteiger partial charge in [-0.2, -0.15) is 0 Å². The topological polar surface area (TPSA) is 39.1 Å². The molecular formula is C24H20ClNO2S. The SMILES string of the molecule is Cc1ccc(S(=O)(=O)n2c3c(c4ccccc42)CC(c2ccc(Cl)cc2)C3)cc1. The minimum absolute atomic E-state index is 0.251. The predicted molar refractivity (Wildman–Crippen MR) is 117 cm³/mol. The second-order valence-electron chi connectivity index (χ2n) is 7.68. The van der Waals surface area contributed by atoms with Gasteiger partial charge >= 0.3 is 0 Å². The first-order chi connectivity index (χ1) is 13.9. The van der Waals surface area contributed by atoms with Gasteiger partial charge in [-0.1, -0.05) is 59.6 Å². The summed E-state index contributed by atoms with van der Waals surface area (Å²) in [6.45, 7) is 1.95. The third-order valence-corrected chi connectivity index (χ3v) is 7.85. The lowest BCUT2D eigenvalue weighted by Crippen LogP contribution is -2.16. The molecule has 0 bridgehead atoms. The van der Waals surface area contributed by atoms with Crippen molar-refractivity contribution in [3.05, 3.63) is 100 Å². The van der Waals surface area contributed by atoms with Crippen molar-refractivity contribution in [1.82, 2.24) is 3.97 Å². The van der Waals surface area contributed by atoms with Gasteiger partial charge < -0.3 is 0 Å². The van der Waals surface area contributed by atoms with Crippen molar-refractivity contribution < 1.29 is 8.42 Å². The molecule has 0 amide bonds. The number of hydrogen-bond acceptors (Lipinski definition) is 2. The molecule has 1 aliphatic carbocycles. The molecule has 5 rings (SSSR count). The summed E-state index contributed by atoms with van der Waals surface area (Å²) < 4.78 is 28.8. The molecular weight excluding hydrogens is 402 g/mol. The number of benzene rings is 3. The maximum atomic E-state index is 13.6. The Morgan fingerprint density at radius 1 is 0.897 bits per heavy atom. The summed E-state index contributed by atoms with van der Waals surface area (Å²) in [6.07, 6.45) is 1.52. The zero-order valence-corrected chi connectivity index (χ0v) is 17.5. The summed E-state index contributed by atoms with van der Waals surface area (Å²) in [7, 11) is -3.68. The Bertz CT molecular complexity index is 1320. The van der Waals surface area contributed by atoms with Crippen LogP contribution >= 0.6 is 11.6 Å². The summed E-state index contributed by atoms with van der Waals surface area (Å²) in [6, 6.07) is 22.7. The quantitative estimate of drug-likeness (QED) is 0.424. The van der Waals surface area contributed by atoms with Crippen molar-refractivity contribution in [3.63, 3.8) is 0 Å². The molecule has 0 saturated heterocycles. The predicted octanol–water partition coefficient (Wildman–Crippen LogP) is 5.72. The highest BCUT2D eigenvalue weighted by atomic mass is 35.5. The van der Waals surface area contributed by atoms with E-state index in [1.165, 1.54) is 5.56 Å². The third-order valence-electron chi connectivity index (χ3n) is 5.83. The number of aryl methyl sites for hydroxylation is 1. The van der Waals surface area contributed by atoms with Crippen LogP contribution < -0.4 is 0 Å². The van der Waals surface area contributed by atoms with Crippen LogP contribution in [0.15, 0.2) is 77.7 Å². The Kier molecular flexibility index (Phi) is 4.30. The maximum absolute atomic E-state index is 13.6. The summed E-state index contributed by atoms with van der Waals surface area (Å²) >= 11 is 6.05. The normalized spacial score (nSPS) is 16.3. The van der Waals surface area contributed by atoms with Gasteiger partial charge in [-0.25, -0.2) is 12.4 Å². The lowest BCUT2D eigenvalue weighted by atomic mass is 9.96. The molecule has 0 aliphatic heterocycles. The molecule has 0 spiro atoms. The monoisotopic (exact) mass is 421 g/mol. The van der Waals surface area contributed by atoms with E-state index in [0.717, 1.165) is 34.1 Å². The fourth-order valence-corrected chi connectivity index (χ4v) is 6.09. The van der Waals surface area contributed by atoms with Crippen LogP contribution in [0.1, 0.15) is 28.3 Å². The van der Waals surface area contributed by atoms with Gasteiger partial charge in [0.25, 0.3) is 10.0 Å². The highest BCUT2D eigenvalue weighted by molar-refractivity contribution is 7.90. The highest BCUT2D eigenvalue weighted by Gasteiger charge is 2.33. The van der Waals surface area contributed by atoms with Gasteiger partial charge in [-0.15, -0.1) is 0 Å². The van der Waals surface area contributed by atoms with E-state index in [1.54, 1.807) is 16.1 Å². The van der Waals surface area contributed by atoms with Crippen LogP contribution in [-0.4, -0.2) is 12.4 Å². The van der Waals surface area contributed by atoms with Gasteiger partial charge in [0.2, 0.25) is 0 Å². The number of halogens is 1. The second kappa shape index (κ2) is 6.75. The first-order valence-electron chi connectivity index (χ1n) is 9.64. The van der Waals surface area contributed by atoms with Gasteiger partial charge in [-0.3, -0.25) is 0 Å². The Labute approximate surface area is 175 Å². The Balaban J connectivity index is 1.68. The summed E-state index contributed by atoms with van der Waals surface area (Å²) in [5, 5.41) is 1.73. The van der Waals surface area contributed by atoms with Crippen LogP contribution in [0, 0.1) is 6.92 Å². The largest absolute Gasteiger partial charge is 0.268 e. The number of rotatable bonds is 3. The lowest BCUT2D eigenvalue weighted by Gasteiger charge is -2.14. The first-order valence-corrected chi connectivity index (χ1v) is 11.5. The zero-order chi connectivity index (χ0) is 20.2. The van der Waals surface area contributed by atoms with Crippen LogP contribution in [0.3, 0.4) is 0 Å². The Hall–Kier alpha value is -2.56. The molecule has 1 unspecified atom stereocenters. The fourth-order valence-electron chi connectivity index (χ4n) is 4.38. The number of hydrogen-bond donors (Lipinski definition) is 0. The van der Waals surface area contributed by atoms with Crippen molar-refractivity contribution in [2.75, 3.05) is 0 Å². The van der Waals surface area contributed by atoms with Crippen LogP contribution in [0.5, 0.6) is 0 Å². The van der Waals surface area contributed by atoms with Crippen LogP contribution in [0.2, 0.25) is 5.02 Å². The summed E-state index contributed by atoms with van der Waals surface area (Å²) in [4.78, 5) is 0.321. The average Bonchev–Trinajstić information content (AvgIpc) is 3.26. The van der Waals surface area contributed by atoms with Gasteiger partial charge in [0.15, 0.2) is 0 Å². The minimum Gasteiger partial charge on any atom is -0.238 e. The molecule has 3 nitrogen and oxygen atoms in total. The molecule has 29 heavy (non-hydrogen) atoms. The molecule has 0 N–H and O–H groups in total. The van der Waals surface area contributed by atoms with Gasteiger partial charge in [-0.05, 0) is 67.1 Å². The zero-order valence-electron chi connectivity index (χ0n) is 16.0. The third kappa shape index (κ3) is 2.98. The number of aromatic nitrogens is 1. The Morgan fingerprint density at radius 2 is 1.59 bits per heavy atom. The van der Waals surface area contributed by atoms with Crippen molar-refractivity contribution in [2.24, 2.45) is 0 Å². The molecule has 5 heteroatoms.